The molecule has 0 aliphatic heterocycles. The minimum Gasteiger partial charge on any atom is -0.396 e. The predicted molar refractivity (Wildman–Crippen MR) is 47.1 cm³/mol. The highest BCUT2D eigenvalue weighted by atomic mass is 35.5. The second-order valence-corrected chi connectivity index (χ2v) is 2.96. The van der Waals surface area contributed by atoms with E-state index in [1.54, 1.807) is 16.7 Å². The lowest BCUT2D eigenvalue weighted by molar-refractivity contribution is 1.01. The molecule has 0 aromatic carbocycles. The summed E-state index contributed by atoms with van der Waals surface area (Å²) in [7, 11) is 0. The molecule has 5 heteroatoms. The molecule has 2 aromatic heterocycles. The molecule has 2 aromatic rings. The van der Waals surface area contributed by atoms with E-state index in [1.807, 2.05) is 6.92 Å². The van der Waals surface area contributed by atoms with Crippen molar-refractivity contribution in [2.24, 2.45) is 0 Å². The molecular weight excluding hydrogens is 176 g/mol. The maximum Gasteiger partial charge on any atom is 0.162 e. The molecule has 0 saturated heterocycles. The maximum atomic E-state index is 5.79. The molecule has 0 amide bonds. The molecule has 2 rings (SSSR count). The highest BCUT2D eigenvalue weighted by Crippen LogP contribution is 2.19. The van der Waals surface area contributed by atoms with Gasteiger partial charge in [-0.1, -0.05) is 11.6 Å². The molecule has 62 valence electrons. The Morgan fingerprint density at radius 1 is 1.50 bits per heavy atom. The van der Waals surface area contributed by atoms with Gasteiger partial charge in [0.05, 0.1) is 10.7 Å². The van der Waals surface area contributed by atoms with Crippen molar-refractivity contribution in [3.8, 4) is 0 Å². The van der Waals surface area contributed by atoms with Gasteiger partial charge in [0.15, 0.2) is 5.65 Å². The number of halogens is 1. The molecule has 0 bridgehead atoms. The number of fused-ring (bicyclic) bond motifs is 1. The molecule has 4 nitrogen and oxygen atoms in total. The van der Waals surface area contributed by atoms with Gasteiger partial charge in [-0.2, -0.15) is 0 Å². The zero-order valence-electron chi connectivity index (χ0n) is 6.45. The van der Waals surface area contributed by atoms with Gasteiger partial charge in [-0.15, -0.1) is 10.2 Å². The molecule has 0 saturated carbocycles. The van der Waals surface area contributed by atoms with E-state index in [0.29, 0.717) is 16.4 Å². The Hall–Kier alpha value is -1.29. The summed E-state index contributed by atoms with van der Waals surface area (Å²) in [6.45, 7) is 1.85. The van der Waals surface area contributed by atoms with Crippen LogP contribution >= 0.6 is 11.6 Å². The normalized spacial score (nSPS) is 10.8. The SMILES string of the molecule is Cc1nnc2cc(Cl)c(N)cn12. The van der Waals surface area contributed by atoms with Crippen LogP contribution in [0.15, 0.2) is 12.3 Å². The molecule has 0 aliphatic rings. The summed E-state index contributed by atoms with van der Waals surface area (Å²) in [5, 5.41) is 8.28. The highest BCUT2D eigenvalue weighted by Gasteiger charge is 2.03. The van der Waals surface area contributed by atoms with E-state index in [1.165, 1.54) is 0 Å². The van der Waals surface area contributed by atoms with Crippen molar-refractivity contribution in [2.75, 3.05) is 5.73 Å². The van der Waals surface area contributed by atoms with E-state index in [0.717, 1.165) is 5.82 Å². The average Bonchev–Trinajstić information content (AvgIpc) is 2.35. The van der Waals surface area contributed by atoms with Crippen LogP contribution in [0.2, 0.25) is 5.02 Å². The Labute approximate surface area is 74.0 Å². The minimum atomic E-state index is 0.509. The van der Waals surface area contributed by atoms with E-state index in [2.05, 4.69) is 10.2 Å². The van der Waals surface area contributed by atoms with Crippen LogP contribution in [0.3, 0.4) is 0 Å². The zero-order valence-corrected chi connectivity index (χ0v) is 7.21. The molecule has 0 spiro atoms. The Morgan fingerprint density at radius 3 is 3.00 bits per heavy atom. The van der Waals surface area contributed by atoms with E-state index >= 15 is 0 Å². The fourth-order valence-corrected chi connectivity index (χ4v) is 1.19. The summed E-state index contributed by atoms with van der Waals surface area (Å²) >= 11 is 5.79. The third-order valence-corrected chi connectivity index (χ3v) is 2.02. The number of hydrogen-bond donors (Lipinski definition) is 1. The molecule has 0 aliphatic carbocycles. The molecule has 0 unspecified atom stereocenters. The van der Waals surface area contributed by atoms with Gasteiger partial charge in [0.2, 0.25) is 0 Å². The van der Waals surface area contributed by atoms with Crippen LogP contribution in [-0.4, -0.2) is 14.6 Å². The van der Waals surface area contributed by atoms with E-state index < -0.39 is 0 Å². The second kappa shape index (κ2) is 2.35. The topological polar surface area (TPSA) is 56.2 Å². The Balaban J connectivity index is 2.87. The number of nitrogen functional groups attached to an aromatic ring is 1. The maximum absolute atomic E-state index is 5.79. The van der Waals surface area contributed by atoms with Crippen molar-refractivity contribution in [3.05, 3.63) is 23.1 Å². The van der Waals surface area contributed by atoms with Crippen LogP contribution in [0.1, 0.15) is 5.82 Å². The number of aryl methyl sites for hydroxylation is 1. The number of nitrogens with zero attached hydrogens (tertiary/aromatic N) is 3. The van der Waals surface area contributed by atoms with Crippen molar-refractivity contribution in [1.29, 1.82) is 0 Å². The van der Waals surface area contributed by atoms with E-state index in [9.17, 15) is 0 Å². The number of rotatable bonds is 0. The first-order valence-electron chi connectivity index (χ1n) is 3.45. The van der Waals surface area contributed by atoms with Crippen LogP contribution in [-0.2, 0) is 0 Å². The van der Waals surface area contributed by atoms with Gasteiger partial charge in [0, 0.05) is 12.3 Å². The third-order valence-electron chi connectivity index (χ3n) is 1.69. The number of pyridine rings is 1. The minimum absolute atomic E-state index is 0.509. The second-order valence-electron chi connectivity index (χ2n) is 2.55. The first-order valence-corrected chi connectivity index (χ1v) is 3.82. The lowest BCUT2D eigenvalue weighted by Gasteiger charge is -1.98. The molecule has 2 heterocycles. The number of aromatic nitrogens is 3. The van der Waals surface area contributed by atoms with Gasteiger partial charge in [-0.25, -0.2) is 0 Å². The number of nitrogens with two attached hydrogens (primary N) is 1. The molecule has 0 radical (unpaired) electrons. The van der Waals surface area contributed by atoms with E-state index in [4.69, 9.17) is 17.3 Å². The van der Waals surface area contributed by atoms with Crippen molar-refractivity contribution in [3.63, 3.8) is 0 Å². The van der Waals surface area contributed by atoms with Gasteiger partial charge in [-0.05, 0) is 6.92 Å². The molecular formula is C7H7ClN4. The van der Waals surface area contributed by atoms with E-state index in [-0.39, 0.29) is 0 Å². The van der Waals surface area contributed by atoms with Crippen LogP contribution in [0, 0.1) is 6.92 Å². The first kappa shape index (κ1) is 7.36. The van der Waals surface area contributed by atoms with Gasteiger partial charge >= 0.3 is 0 Å². The van der Waals surface area contributed by atoms with Gasteiger partial charge in [0.1, 0.15) is 5.82 Å². The quantitative estimate of drug-likeness (QED) is 0.668. The van der Waals surface area contributed by atoms with Crippen LogP contribution in [0.25, 0.3) is 5.65 Å². The summed E-state index contributed by atoms with van der Waals surface area (Å²) in [5.74, 6) is 0.799. The monoisotopic (exact) mass is 182 g/mol. The van der Waals surface area contributed by atoms with Crippen molar-refractivity contribution >= 4 is 22.9 Å². The molecule has 0 atom stereocenters. The largest absolute Gasteiger partial charge is 0.396 e. The van der Waals surface area contributed by atoms with Gasteiger partial charge < -0.3 is 5.73 Å². The van der Waals surface area contributed by atoms with Gasteiger partial charge in [0.25, 0.3) is 0 Å². The fraction of sp³-hybridized carbons (Fsp3) is 0.143. The summed E-state index contributed by atoms with van der Waals surface area (Å²) in [5.41, 5.74) is 6.85. The summed E-state index contributed by atoms with van der Waals surface area (Å²) in [6, 6.07) is 1.69. The highest BCUT2D eigenvalue weighted by molar-refractivity contribution is 6.33. The summed E-state index contributed by atoms with van der Waals surface area (Å²) in [6.07, 6.45) is 1.72. The Kier molecular flexibility index (Phi) is 1.44. The number of anilines is 1. The first-order chi connectivity index (χ1) is 5.68. The third kappa shape index (κ3) is 0.921. The summed E-state index contributed by atoms with van der Waals surface area (Å²) < 4.78 is 1.79. The fourth-order valence-electron chi connectivity index (χ4n) is 1.04. The lowest BCUT2D eigenvalue weighted by Crippen LogP contribution is -1.93. The lowest BCUT2D eigenvalue weighted by atomic mass is 10.4. The van der Waals surface area contributed by atoms with Gasteiger partial charge in [-0.3, -0.25) is 4.40 Å². The zero-order chi connectivity index (χ0) is 8.72. The Bertz CT molecular complexity index is 434. The molecule has 12 heavy (non-hydrogen) atoms. The Morgan fingerprint density at radius 2 is 2.25 bits per heavy atom. The average molecular weight is 183 g/mol. The predicted octanol–water partition coefficient (Wildman–Crippen LogP) is 1.27. The molecule has 0 fully saturated rings. The summed E-state index contributed by atoms with van der Waals surface area (Å²) in [4.78, 5) is 0. The van der Waals surface area contributed by atoms with Crippen LogP contribution in [0.4, 0.5) is 5.69 Å². The van der Waals surface area contributed by atoms with Crippen molar-refractivity contribution < 1.29 is 0 Å². The van der Waals surface area contributed by atoms with Crippen LogP contribution in [0.5, 0.6) is 0 Å². The molecule has 2 N–H and O–H groups in total. The van der Waals surface area contributed by atoms with Crippen LogP contribution < -0.4 is 5.73 Å². The smallest absolute Gasteiger partial charge is 0.162 e. The van der Waals surface area contributed by atoms with Crippen molar-refractivity contribution in [2.45, 2.75) is 6.92 Å². The standard InChI is InChI=1S/C7H7ClN4/c1-4-10-11-7-2-5(8)6(9)3-12(4)7/h2-3H,9H2,1H3. The van der Waals surface area contributed by atoms with Crippen molar-refractivity contribution in [1.82, 2.24) is 14.6 Å². The number of hydrogen-bond acceptors (Lipinski definition) is 3.